The molecule has 2 heterocycles. The molecule has 0 bridgehead atoms. The number of rotatable bonds is 3. The highest BCUT2D eigenvalue weighted by Gasteiger charge is 2.42. The molecule has 0 aromatic heterocycles. The van der Waals surface area contributed by atoms with Crippen molar-refractivity contribution < 1.29 is 14.3 Å². The fraction of sp³-hybridized carbons (Fsp3) is 0.923. The zero-order chi connectivity index (χ0) is 13.3. The van der Waals surface area contributed by atoms with Crippen LogP contribution < -0.4 is 10.6 Å². The predicted molar refractivity (Wildman–Crippen MR) is 68.3 cm³/mol. The molecule has 2 rings (SSSR count). The molecule has 5 heteroatoms. The van der Waals surface area contributed by atoms with Crippen molar-refractivity contribution in [2.45, 2.75) is 45.1 Å². The summed E-state index contributed by atoms with van der Waals surface area (Å²) in [7, 11) is 1.68. The van der Waals surface area contributed by atoms with E-state index in [4.69, 9.17) is 9.47 Å². The monoisotopic (exact) mass is 256 g/mol. The lowest BCUT2D eigenvalue weighted by atomic mass is 9.88. The van der Waals surface area contributed by atoms with Gasteiger partial charge in [0, 0.05) is 20.2 Å². The maximum atomic E-state index is 12.4. The zero-order valence-corrected chi connectivity index (χ0v) is 11.6. The van der Waals surface area contributed by atoms with Gasteiger partial charge in [0.1, 0.15) is 0 Å². The number of ether oxygens (including phenoxy) is 2. The first-order chi connectivity index (χ1) is 8.54. The molecule has 0 radical (unpaired) electrons. The topological polar surface area (TPSA) is 59.6 Å². The molecule has 2 aliphatic heterocycles. The highest BCUT2D eigenvalue weighted by molar-refractivity contribution is 5.80. The normalized spacial score (nSPS) is 44.2. The molecule has 104 valence electrons. The van der Waals surface area contributed by atoms with Crippen molar-refractivity contribution in [3.63, 3.8) is 0 Å². The summed E-state index contributed by atoms with van der Waals surface area (Å²) in [5.74, 6) is 0.295. The van der Waals surface area contributed by atoms with E-state index < -0.39 is 0 Å². The lowest BCUT2D eigenvalue weighted by Crippen LogP contribution is -2.48. The second kappa shape index (κ2) is 5.55. The number of hydrogen-bond donors (Lipinski definition) is 2. The number of hydrogen-bond acceptors (Lipinski definition) is 4. The Bertz CT molecular complexity index is 311. The third kappa shape index (κ3) is 2.53. The van der Waals surface area contributed by atoms with Crippen molar-refractivity contribution in [2.75, 3.05) is 20.2 Å². The van der Waals surface area contributed by atoms with Crippen molar-refractivity contribution in [2.24, 2.45) is 11.8 Å². The second-order valence-corrected chi connectivity index (χ2v) is 5.48. The minimum atomic E-state index is -0.0573. The van der Waals surface area contributed by atoms with Gasteiger partial charge in [0.15, 0.2) is 0 Å². The Balaban J connectivity index is 1.95. The van der Waals surface area contributed by atoms with Gasteiger partial charge in [-0.15, -0.1) is 0 Å². The van der Waals surface area contributed by atoms with Crippen molar-refractivity contribution in [1.82, 2.24) is 10.6 Å². The summed E-state index contributed by atoms with van der Waals surface area (Å²) in [5, 5.41) is 6.33. The lowest BCUT2D eigenvalue weighted by Gasteiger charge is -2.23. The van der Waals surface area contributed by atoms with Crippen LogP contribution in [0, 0.1) is 11.8 Å². The van der Waals surface area contributed by atoms with Crippen LogP contribution in [0.2, 0.25) is 0 Å². The Morgan fingerprint density at radius 3 is 2.56 bits per heavy atom. The Kier molecular flexibility index (Phi) is 4.25. The standard InChI is InChI=1S/C13H24N2O3/c1-7-8(2)18-9(3)12(7)13(16)15-10-5-14-6-11(10)17-4/h7-12,14H,5-6H2,1-4H3,(H,15,16)/t7?,8?,9?,10?,11-,12?/m0/s1. The Hall–Kier alpha value is -0.650. The number of nitrogens with one attached hydrogen (secondary N) is 2. The minimum Gasteiger partial charge on any atom is -0.378 e. The molecule has 5 nitrogen and oxygen atoms in total. The van der Waals surface area contributed by atoms with Gasteiger partial charge in [0.25, 0.3) is 0 Å². The molecule has 6 atom stereocenters. The van der Waals surface area contributed by atoms with Gasteiger partial charge in [-0.05, 0) is 19.8 Å². The van der Waals surface area contributed by atoms with Gasteiger partial charge in [-0.25, -0.2) is 0 Å². The number of carbonyl (C=O) groups excluding carboxylic acids is 1. The Morgan fingerprint density at radius 1 is 1.28 bits per heavy atom. The van der Waals surface area contributed by atoms with Crippen LogP contribution in [0.15, 0.2) is 0 Å². The van der Waals surface area contributed by atoms with E-state index in [1.165, 1.54) is 0 Å². The second-order valence-electron chi connectivity index (χ2n) is 5.48. The van der Waals surface area contributed by atoms with Crippen molar-refractivity contribution >= 4 is 5.91 Å². The third-order valence-corrected chi connectivity index (χ3v) is 4.33. The first-order valence-corrected chi connectivity index (χ1v) is 6.74. The van der Waals surface area contributed by atoms with E-state index in [0.717, 1.165) is 13.1 Å². The summed E-state index contributed by atoms with van der Waals surface area (Å²) in [6.07, 6.45) is 0.209. The van der Waals surface area contributed by atoms with Crippen LogP contribution in [0.5, 0.6) is 0 Å². The molecule has 2 N–H and O–H groups in total. The lowest BCUT2D eigenvalue weighted by molar-refractivity contribution is -0.128. The fourth-order valence-corrected chi connectivity index (χ4v) is 3.04. The van der Waals surface area contributed by atoms with E-state index in [-0.39, 0.29) is 42.1 Å². The van der Waals surface area contributed by atoms with Gasteiger partial charge >= 0.3 is 0 Å². The Labute approximate surface area is 109 Å². The zero-order valence-electron chi connectivity index (χ0n) is 11.6. The highest BCUT2D eigenvalue weighted by atomic mass is 16.5. The van der Waals surface area contributed by atoms with Crippen LogP contribution in [0.1, 0.15) is 20.8 Å². The highest BCUT2D eigenvalue weighted by Crippen LogP contribution is 2.32. The van der Waals surface area contributed by atoms with Crippen LogP contribution in [0.25, 0.3) is 0 Å². The summed E-state index contributed by atoms with van der Waals surface area (Å²) >= 11 is 0. The first-order valence-electron chi connectivity index (χ1n) is 6.74. The average molecular weight is 256 g/mol. The summed E-state index contributed by atoms with van der Waals surface area (Å²) in [6.45, 7) is 7.66. The maximum Gasteiger partial charge on any atom is 0.226 e. The molecule has 0 saturated carbocycles. The van der Waals surface area contributed by atoms with Crippen molar-refractivity contribution in [3.05, 3.63) is 0 Å². The van der Waals surface area contributed by atoms with E-state index >= 15 is 0 Å². The molecule has 0 aliphatic carbocycles. The van der Waals surface area contributed by atoms with E-state index in [0.29, 0.717) is 0 Å². The first kappa shape index (κ1) is 13.8. The molecule has 5 unspecified atom stereocenters. The van der Waals surface area contributed by atoms with Gasteiger partial charge in [0.2, 0.25) is 5.91 Å². The van der Waals surface area contributed by atoms with Gasteiger partial charge in [0.05, 0.1) is 30.3 Å². The SMILES string of the molecule is CO[C@H]1CNCC1NC(=O)C1C(C)OC(C)C1C. The largest absolute Gasteiger partial charge is 0.378 e. The van der Waals surface area contributed by atoms with Gasteiger partial charge < -0.3 is 20.1 Å². The maximum absolute atomic E-state index is 12.4. The molecular formula is C13H24N2O3. The third-order valence-electron chi connectivity index (χ3n) is 4.33. The molecule has 0 spiro atoms. The van der Waals surface area contributed by atoms with Crippen molar-refractivity contribution in [3.8, 4) is 0 Å². The molecule has 0 aromatic rings. The molecule has 2 fully saturated rings. The van der Waals surface area contributed by atoms with Crippen molar-refractivity contribution in [1.29, 1.82) is 0 Å². The van der Waals surface area contributed by atoms with E-state index in [9.17, 15) is 4.79 Å². The van der Waals surface area contributed by atoms with Crippen LogP contribution in [0.3, 0.4) is 0 Å². The van der Waals surface area contributed by atoms with Gasteiger partial charge in [-0.2, -0.15) is 0 Å². The minimum absolute atomic E-state index is 0.00893. The molecule has 2 aliphatic rings. The van der Waals surface area contributed by atoms with Crippen LogP contribution >= 0.6 is 0 Å². The van der Waals surface area contributed by atoms with Crippen LogP contribution in [-0.2, 0) is 14.3 Å². The molecule has 2 saturated heterocycles. The van der Waals surface area contributed by atoms with Gasteiger partial charge in [-0.3, -0.25) is 4.79 Å². The average Bonchev–Trinajstić information content (AvgIpc) is 2.85. The Morgan fingerprint density at radius 2 is 2.00 bits per heavy atom. The molecule has 18 heavy (non-hydrogen) atoms. The van der Waals surface area contributed by atoms with Gasteiger partial charge in [-0.1, -0.05) is 6.92 Å². The molecule has 0 aromatic carbocycles. The smallest absolute Gasteiger partial charge is 0.226 e. The number of carbonyl (C=O) groups is 1. The summed E-state index contributed by atoms with van der Waals surface area (Å²) in [4.78, 5) is 12.4. The van der Waals surface area contributed by atoms with E-state index in [2.05, 4.69) is 17.6 Å². The summed E-state index contributed by atoms with van der Waals surface area (Å²) < 4.78 is 11.1. The number of amides is 1. The number of methoxy groups -OCH3 is 1. The van der Waals surface area contributed by atoms with Crippen LogP contribution in [-0.4, -0.2) is 50.5 Å². The summed E-state index contributed by atoms with van der Waals surface area (Å²) in [6, 6.07) is 0.0674. The predicted octanol–water partition coefficient (Wildman–Crippen LogP) is 0.149. The summed E-state index contributed by atoms with van der Waals surface area (Å²) in [5.41, 5.74) is 0. The van der Waals surface area contributed by atoms with E-state index in [1.54, 1.807) is 7.11 Å². The van der Waals surface area contributed by atoms with Crippen LogP contribution in [0.4, 0.5) is 0 Å². The molecular weight excluding hydrogens is 232 g/mol. The fourth-order valence-electron chi connectivity index (χ4n) is 3.04. The molecule has 1 amide bonds. The quantitative estimate of drug-likeness (QED) is 0.754. The van der Waals surface area contributed by atoms with E-state index in [1.807, 2.05) is 13.8 Å².